The van der Waals surface area contributed by atoms with Crippen molar-refractivity contribution in [2.45, 2.75) is 26.8 Å². The van der Waals surface area contributed by atoms with Crippen LogP contribution in [0.5, 0.6) is 5.75 Å². The van der Waals surface area contributed by atoms with Crippen LogP contribution in [0.1, 0.15) is 25.8 Å². The van der Waals surface area contributed by atoms with Crippen LogP contribution in [0.15, 0.2) is 24.3 Å². The summed E-state index contributed by atoms with van der Waals surface area (Å²) in [5.74, 6) is 1.14. The Bertz CT molecular complexity index is 596. The van der Waals surface area contributed by atoms with Crippen LogP contribution in [0.25, 0.3) is 0 Å². The molecule has 0 aromatic heterocycles. The SMILES string of the molecule is COc1ccc(CN2CCN(CC(=O)NC(=O)NCCC(C)C)CC2)cc1. The minimum Gasteiger partial charge on any atom is -0.497 e. The Hall–Kier alpha value is -2.12. The Kier molecular flexibility index (Phi) is 8.54. The largest absolute Gasteiger partial charge is 0.497 e. The molecule has 7 heteroatoms. The predicted molar refractivity (Wildman–Crippen MR) is 106 cm³/mol. The lowest BCUT2D eigenvalue weighted by molar-refractivity contribution is -0.121. The Labute approximate surface area is 162 Å². The molecule has 0 spiro atoms. The molecule has 0 atom stereocenters. The van der Waals surface area contributed by atoms with Crippen molar-refractivity contribution in [3.63, 3.8) is 0 Å². The summed E-state index contributed by atoms with van der Waals surface area (Å²) in [4.78, 5) is 28.2. The van der Waals surface area contributed by atoms with Gasteiger partial charge in [-0.05, 0) is 30.0 Å². The van der Waals surface area contributed by atoms with E-state index in [0.717, 1.165) is 44.9 Å². The van der Waals surface area contributed by atoms with Crippen LogP contribution in [0.3, 0.4) is 0 Å². The summed E-state index contributed by atoms with van der Waals surface area (Å²) in [5, 5.41) is 5.12. The number of hydrogen-bond acceptors (Lipinski definition) is 5. The van der Waals surface area contributed by atoms with Crippen LogP contribution < -0.4 is 15.4 Å². The van der Waals surface area contributed by atoms with E-state index in [1.165, 1.54) is 5.56 Å². The van der Waals surface area contributed by atoms with E-state index in [9.17, 15) is 9.59 Å². The fourth-order valence-electron chi connectivity index (χ4n) is 2.98. The number of rotatable bonds is 8. The first-order valence-corrected chi connectivity index (χ1v) is 9.61. The number of carbonyl (C=O) groups excluding carboxylic acids is 2. The van der Waals surface area contributed by atoms with Crippen LogP contribution in [0.2, 0.25) is 0 Å². The molecular formula is C20H32N4O3. The van der Waals surface area contributed by atoms with E-state index in [1.54, 1.807) is 7.11 Å². The Morgan fingerprint density at radius 3 is 2.30 bits per heavy atom. The molecule has 0 aliphatic carbocycles. The lowest BCUT2D eigenvalue weighted by Crippen LogP contribution is -2.50. The zero-order valence-corrected chi connectivity index (χ0v) is 16.7. The van der Waals surface area contributed by atoms with E-state index in [1.807, 2.05) is 12.1 Å². The third-order valence-electron chi connectivity index (χ3n) is 4.66. The molecular weight excluding hydrogens is 344 g/mol. The highest BCUT2D eigenvalue weighted by atomic mass is 16.5. The van der Waals surface area contributed by atoms with Gasteiger partial charge in [-0.25, -0.2) is 4.79 Å². The number of imide groups is 1. The lowest BCUT2D eigenvalue weighted by atomic mass is 10.1. The first-order valence-electron chi connectivity index (χ1n) is 9.61. The zero-order valence-electron chi connectivity index (χ0n) is 16.7. The second-order valence-electron chi connectivity index (χ2n) is 7.39. The maximum Gasteiger partial charge on any atom is 0.321 e. The molecule has 3 amide bonds. The summed E-state index contributed by atoms with van der Waals surface area (Å²) in [6, 6.07) is 7.70. The quantitative estimate of drug-likeness (QED) is 0.722. The summed E-state index contributed by atoms with van der Waals surface area (Å²) < 4.78 is 5.18. The molecule has 1 heterocycles. The summed E-state index contributed by atoms with van der Waals surface area (Å²) in [6.45, 7) is 9.37. The number of ether oxygens (including phenoxy) is 1. The van der Waals surface area contributed by atoms with Gasteiger partial charge in [0.15, 0.2) is 0 Å². The van der Waals surface area contributed by atoms with Crippen LogP contribution in [0, 0.1) is 5.92 Å². The number of nitrogens with one attached hydrogen (secondary N) is 2. The fourth-order valence-corrected chi connectivity index (χ4v) is 2.98. The molecule has 27 heavy (non-hydrogen) atoms. The maximum atomic E-state index is 12.0. The molecule has 1 saturated heterocycles. The monoisotopic (exact) mass is 376 g/mol. The molecule has 0 unspecified atom stereocenters. The van der Waals surface area contributed by atoms with Gasteiger partial charge in [-0.1, -0.05) is 26.0 Å². The Morgan fingerprint density at radius 2 is 1.70 bits per heavy atom. The van der Waals surface area contributed by atoms with Gasteiger partial charge in [-0.2, -0.15) is 0 Å². The number of methoxy groups -OCH3 is 1. The molecule has 1 fully saturated rings. The molecule has 2 rings (SSSR count). The van der Waals surface area contributed by atoms with Gasteiger partial charge in [0.25, 0.3) is 0 Å². The number of nitrogens with zero attached hydrogens (tertiary/aromatic N) is 2. The minimum absolute atomic E-state index is 0.249. The molecule has 1 aromatic carbocycles. The first-order chi connectivity index (χ1) is 13.0. The number of hydrogen-bond donors (Lipinski definition) is 2. The standard InChI is InChI=1S/C20H32N4O3/c1-16(2)8-9-21-20(26)22-19(25)15-24-12-10-23(11-13-24)14-17-4-6-18(27-3)7-5-17/h4-7,16H,8-15H2,1-3H3,(H2,21,22,25,26). The molecule has 1 aliphatic rings. The molecule has 2 N–H and O–H groups in total. The molecule has 1 aromatic rings. The molecule has 0 radical (unpaired) electrons. The second kappa shape index (κ2) is 10.9. The summed E-state index contributed by atoms with van der Waals surface area (Å²) in [7, 11) is 1.67. The molecule has 150 valence electrons. The van der Waals surface area contributed by atoms with E-state index in [4.69, 9.17) is 4.74 Å². The van der Waals surface area contributed by atoms with Gasteiger partial charge in [0.1, 0.15) is 5.75 Å². The number of urea groups is 1. The van der Waals surface area contributed by atoms with Gasteiger partial charge in [0.05, 0.1) is 13.7 Å². The van der Waals surface area contributed by atoms with Gasteiger partial charge in [-0.3, -0.25) is 19.9 Å². The third-order valence-corrected chi connectivity index (χ3v) is 4.66. The molecule has 0 saturated carbocycles. The fraction of sp³-hybridized carbons (Fsp3) is 0.600. The van der Waals surface area contributed by atoms with E-state index >= 15 is 0 Å². The third kappa shape index (κ3) is 7.97. The van der Waals surface area contributed by atoms with E-state index in [2.05, 4.69) is 46.4 Å². The van der Waals surface area contributed by atoms with Crippen molar-refractivity contribution in [3.8, 4) is 5.75 Å². The predicted octanol–water partition coefficient (Wildman–Crippen LogP) is 1.68. The van der Waals surface area contributed by atoms with Crippen molar-refractivity contribution in [1.82, 2.24) is 20.4 Å². The van der Waals surface area contributed by atoms with Gasteiger partial charge < -0.3 is 10.1 Å². The van der Waals surface area contributed by atoms with Crippen molar-refractivity contribution in [3.05, 3.63) is 29.8 Å². The van der Waals surface area contributed by atoms with Crippen LogP contribution >= 0.6 is 0 Å². The van der Waals surface area contributed by atoms with Crippen molar-refractivity contribution in [1.29, 1.82) is 0 Å². The molecule has 7 nitrogen and oxygen atoms in total. The molecule has 0 bridgehead atoms. The Balaban J connectivity index is 1.64. The lowest BCUT2D eigenvalue weighted by Gasteiger charge is -2.34. The van der Waals surface area contributed by atoms with Crippen molar-refractivity contribution in [2.75, 3.05) is 46.4 Å². The van der Waals surface area contributed by atoms with Gasteiger partial charge >= 0.3 is 6.03 Å². The van der Waals surface area contributed by atoms with Crippen LogP contribution in [-0.4, -0.2) is 68.1 Å². The van der Waals surface area contributed by atoms with E-state index in [-0.39, 0.29) is 12.5 Å². The normalized spacial score (nSPS) is 15.6. The van der Waals surface area contributed by atoms with Gasteiger partial charge in [0, 0.05) is 39.3 Å². The summed E-state index contributed by atoms with van der Waals surface area (Å²) in [6.07, 6.45) is 0.901. The number of benzene rings is 1. The molecule has 1 aliphatic heterocycles. The maximum absolute atomic E-state index is 12.0. The Morgan fingerprint density at radius 1 is 1.07 bits per heavy atom. The average Bonchev–Trinajstić information content (AvgIpc) is 2.63. The van der Waals surface area contributed by atoms with Crippen LogP contribution in [0.4, 0.5) is 4.79 Å². The number of piperazine rings is 1. The summed E-state index contributed by atoms with van der Waals surface area (Å²) in [5.41, 5.74) is 1.25. The van der Waals surface area contributed by atoms with Crippen molar-refractivity contribution in [2.24, 2.45) is 5.92 Å². The minimum atomic E-state index is -0.404. The first kappa shape index (κ1) is 21.2. The second-order valence-corrected chi connectivity index (χ2v) is 7.39. The van der Waals surface area contributed by atoms with Crippen molar-refractivity contribution >= 4 is 11.9 Å². The average molecular weight is 377 g/mol. The van der Waals surface area contributed by atoms with Crippen LogP contribution in [-0.2, 0) is 11.3 Å². The highest BCUT2D eigenvalue weighted by molar-refractivity contribution is 5.95. The number of carbonyl (C=O) groups is 2. The van der Waals surface area contributed by atoms with Gasteiger partial charge in [-0.15, -0.1) is 0 Å². The van der Waals surface area contributed by atoms with Crippen molar-refractivity contribution < 1.29 is 14.3 Å². The van der Waals surface area contributed by atoms with E-state index < -0.39 is 6.03 Å². The summed E-state index contributed by atoms with van der Waals surface area (Å²) >= 11 is 0. The topological polar surface area (TPSA) is 73.9 Å². The highest BCUT2D eigenvalue weighted by Crippen LogP contribution is 2.14. The van der Waals surface area contributed by atoms with E-state index in [0.29, 0.717) is 12.5 Å². The highest BCUT2D eigenvalue weighted by Gasteiger charge is 2.19. The smallest absolute Gasteiger partial charge is 0.321 e. The van der Waals surface area contributed by atoms with Gasteiger partial charge in [0.2, 0.25) is 5.91 Å². The zero-order chi connectivity index (χ0) is 19.6. The number of amides is 3.